The fraction of sp³-hybridized carbons (Fsp3) is 0.625. The number of benzene rings is 1. The van der Waals surface area contributed by atoms with Gasteiger partial charge in [0.15, 0.2) is 0 Å². The Bertz CT molecular complexity index is 419. The summed E-state index contributed by atoms with van der Waals surface area (Å²) in [6.07, 6.45) is 6.16. The van der Waals surface area contributed by atoms with Gasteiger partial charge < -0.3 is 14.8 Å². The van der Waals surface area contributed by atoms with Crippen molar-refractivity contribution >= 4 is 15.9 Å². The van der Waals surface area contributed by atoms with E-state index in [0.29, 0.717) is 12.1 Å². The summed E-state index contributed by atoms with van der Waals surface area (Å²) in [4.78, 5) is 0. The summed E-state index contributed by atoms with van der Waals surface area (Å²) in [5, 5.41) is 3.42. The fourth-order valence-corrected chi connectivity index (χ4v) is 3.12. The molecule has 0 aliphatic carbocycles. The van der Waals surface area contributed by atoms with Crippen LogP contribution in [0.15, 0.2) is 22.7 Å². The van der Waals surface area contributed by atoms with Crippen molar-refractivity contribution in [2.45, 2.75) is 44.2 Å². The molecule has 0 bridgehead atoms. The number of ether oxygens (including phenoxy) is 2. The molecule has 2 atom stereocenters. The Morgan fingerprint density at radius 1 is 1.45 bits per heavy atom. The number of halogens is 1. The maximum Gasteiger partial charge on any atom is 0.119 e. The van der Waals surface area contributed by atoms with Gasteiger partial charge in [-0.1, -0.05) is 15.9 Å². The van der Waals surface area contributed by atoms with Gasteiger partial charge in [-0.2, -0.15) is 0 Å². The minimum Gasteiger partial charge on any atom is -0.497 e. The molecule has 20 heavy (non-hydrogen) atoms. The SMILES string of the molecule is CNC(Cc1cc(OC)ccc1Br)CC1CCCCO1. The molecule has 0 saturated carbocycles. The van der Waals surface area contributed by atoms with Crippen LogP contribution < -0.4 is 10.1 Å². The Morgan fingerprint density at radius 2 is 2.30 bits per heavy atom. The number of rotatable bonds is 6. The van der Waals surface area contributed by atoms with E-state index < -0.39 is 0 Å². The third-order valence-electron chi connectivity index (χ3n) is 3.95. The summed E-state index contributed by atoms with van der Waals surface area (Å²) in [7, 11) is 3.74. The second-order valence-corrected chi connectivity index (χ2v) is 6.23. The lowest BCUT2D eigenvalue weighted by atomic mass is 9.97. The molecule has 1 N–H and O–H groups in total. The molecule has 0 radical (unpaired) electrons. The van der Waals surface area contributed by atoms with Crippen LogP contribution in [0.1, 0.15) is 31.2 Å². The van der Waals surface area contributed by atoms with Crippen molar-refractivity contribution in [2.24, 2.45) is 0 Å². The number of likely N-dealkylation sites (N-methyl/N-ethyl adjacent to an activating group) is 1. The van der Waals surface area contributed by atoms with Gasteiger partial charge in [-0.3, -0.25) is 0 Å². The third kappa shape index (κ3) is 4.47. The van der Waals surface area contributed by atoms with Crippen LogP contribution in [0, 0.1) is 0 Å². The van der Waals surface area contributed by atoms with Crippen LogP contribution in [0.5, 0.6) is 5.75 Å². The van der Waals surface area contributed by atoms with E-state index in [0.717, 1.165) is 29.7 Å². The molecule has 1 fully saturated rings. The minimum atomic E-state index is 0.408. The normalized spacial score (nSPS) is 20.6. The highest BCUT2D eigenvalue weighted by Crippen LogP contribution is 2.25. The van der Waals surface area contributed by atoms with E-state index in [2.05, 4.69) is 33.4 Å². The van der Waals surface area contributed by atoms with Crippen LogP contribution in [0.3, 0.4) is 0 Å². The molecule has 0 aromatic heterocycles. The molecule has 0 amide bonds. The van der Waals surface area contributed by atoms with Gasteiger partial charge in [-0.25, -0.2) is 0 Å². The predicted octanol–water partition coefficient (Wildman–Crippen LogP) is 3.55. The molecule has 0 spiro atoms. The van der Waals surface area contributed by atoms with E-state index in [1.807, 2.05) is 13.1 Å². The molecule has 1 heterocycles. The van der Waals surface area contributed by atoms with Crippen molar-refractivity contribution in [3.8, 4) is 5.75 Å². The van der Waals surface area contributed by atoms with E-state index in [9.17, 15) is 0 Å². The standard InChI is InChI=1S/C16H24BrNO2/c1-18-13(11-15-5-3-4-8-20-15)9-12-10-14(19-2)6-7-16(12)17/h6-7,10,13,15,18H,3-5,8-9,11H2,1-2H3. The molecule has 112 valence electrons. The van der Waals surface area contributed by atoms with Crippen molar-refractivity contribution in [2.75, 3.05) is 20.8 Å². The van der Waals surface area contributed by atoms with Crippen LogP contribution in [-0.2, 0) is 11.2 Å². The Hall–Kier alpha value is -0.580. The second kappa shape index (κ2) is 8.01. The summed E-state index contributed by atoms with van der Waals surface area (Å²) in [6.45, 7) is 0.921. The fourth-order valence-electron chi connectivity index (χ4n) is 2.71. The Kier molecular flexibility index (Phi) is 6.33. The van der Waals surface area contributed by atoms with Crippen LogP contribution in [-0.4, -0.2) is 32.9 Å². The molecule has 1 aliphatic rings. The van der Waals surface area contributed by atoms with E-state index in [1.165, 1.54) is 24.8 Å². The van der Waals surface area contributed by atoms with Gasteiger partial charge in [-0.05, 0) is 62.9 Å². The number of nitrogens with one attached hydrogen (secondary N) is 1. The Labute approximate surface area is 130 Å². The lowest BCUT2D eigenvalue weighted by molar-refractivity contribution is 0.00568. The van der Waals surface area contributed by atoms with E-state index in [4.69, 9.17) is 9.47 Å². The van der Waals surface area contributed by atoms with Crippen LogP contribution in [0.4, 0.5) is 0 Å². The van der Waals surface area contributed by atoms with Crippen molar-refractivity contribution in [1.82, 2.24) is 5.32 Å². The van der Waals surface area contributed by atoms with Crippen molar-refractivity contribution in [3.63, 3.8) is 0 Å². The molecular weight excluding hydrogens is 318 g/mol. The molecular formula is C16H24BrNO2. The first-order valence-electron chi connectivity index (χ1n) is 7.34. The Balaban J connectivity index is 1.98. The summed E-state index contributed by atoms with van der Waals surface area (Å²) >= 11 is 3.63. The van der Waals surface area contributed by atoms with Gasteiger partial charge in [0.25, 0.3) is 0 Å². The summed E-state index contributed by atoms with van der Waals surface area (Å²) in [5.41, 5.74) is 1.28. The van der Waals surface area contributed by atoms with Gasteiger partial charge in [-0.15, -0.1) is 0 Å². The summed E-state index contributed by atoms with van der Waals surface area (Å²) < 4.78 is 12.3. The van der Waals surface area contributed by atoms with Gasteiger partial charge in [0.05, 0.1) is 13.2 Å². The maximum atomic E-state index is 5.85. The molecule has 1 aromatic carbocycles. The molecule has 1 aliphatic heterocycles. The quantitative estimate of drug-likeness (QED) is 0.858. The van der Waals surface area contributed by atoms with Gasteiger partial charge in [0.1, 0.15) is 5.75 Å². The maximum absolute atomic E-state index is 5.85. The first-order valence-corrected chi connectivity index (χ1v) is 8.13. The second-order valence-electron chi connectivity index (χ2n) is 5.37. The third-order valence-corrected chi connectivity index (χ3v) is 4.72. The molecule has 2 unspecified atom stereocenters. The predicted molar refractivity (Wildman–Crippen MR) is 85.5 cm³/mol. The smallest absolute Gasteiger partial charge is 0.119 e. The zero-order valence-electron chi connectivity index (χ0n) is 12.3. The molecule has 4 heteroatoms. The van der Waals surface area contributed by atoms with Gasteiger partial charge >= 0.3 is 0 Å². The van der Waals surface area contributed by atoms with E-state index >= 15 is 0 Å². The monoisotopic (exact) mass is 341 g/mol. The highest BCUT2D eigenvalue weighted by molar-refractivity contribution is 9.10. The lowest BCUT2D eigenvalue weighted by Gasteiger charge is -2.27. The zero-order valence-corrected chi connectivity index (χ0v) is 13.9. The largest absolute Gasteiger partial charge is 0.497 e. The number of methoxy groups -OCH3 is 1. The first-order chi connectivity index (χ1) is 9.72. The molecule has 1 aromatic rings. The van der Waals surface area contributed by atoms with Gasteiger partial charge in [0, 0.05) is 17.1 Å². The highest BCUT2D eigenvalue weighted by Gasteiger charge is 2.19. The summed E-state index contributed by atoms with van der Waals surface area (Å²) in [6, 6.07) is 6.57. The number of hydrogen-bond acceptors (Lipinski definition) is 3. The van der Waals surface area contributed by atoms with Crippen LogP contribution in [0.2, 0.25) is 0 Å². The number of hydrogen-bond donors (Lipinski definition) is 1. The average molecular weight is 342 g/mol. The zero-order chi connectivity index (χ0) is 14.4. The highest BCUT2D eigenvalue weighted by atomic mass is 79.9. The molecule has 2 rings (SSSR count). The van der Waals surface area contributed by atoms with Crippen molar-refractivity contribution in [3.05, 3.63) is 28.2 Å². The van der Waals surface area contributed by atoms with E-state index in [-0.39, 0.29) is 0 Å². The first kappa shape index (κ1) is 15.8. The van der Waals surface area contributed by atoms with Crippen molar-refractivity contribution in [1.29, 1.82) is 0 Å². The Morgan fingerprint density at radius 3 is 2.95 bits per heavy atom. The molecule has 1 saturated heterocycles. The van der Waals surface area contributed by atoms with Gasteiger partial charge in [0.2, 0.25) is 0 Å². The van der Waals surface area contributed by atoms with Crippen LogP contribution >= 0.6 is 15.9 Å². The van der Waals surface area contributed by atoms with Crippen LogP contribution in [0.25, 0.3) is 0 Å². The molecule has 3 nitrogen and oxygen atoms in total. The van der Waals surface area contributed by atoms with Crippen molar-refractivity contribution < 1.29 is 9.47 Å². The van der Waals surface area contributed by atoms with E-state index in [1.54, 1.807) is 7.11 Å². The minimum absolute atomic E-state index is 0.408. The lowest BCUT2D eigenvalue weighted by Crippen LogP contribution is -2.34. The average Bonchev–Trinajstić information content (AvgIpc) is 2.49. The topological polar surface area (TPSA) is 30.5 Å². The summed E-state index contributed by atoms with van der Waals surface area (Å²) in [5.74, 6) is 0.909.